The molecule has 0 aliphatic rings. The smallest absolute Gasteiger partial charge is 0.226 e. The van der Waals surface area contributed by atoms with Gasteiger partial charge in [-0.25, -0.2) is 4.98 Å². The van der Waals surface area contributed by atoms with E-state index in [0.717, 1.165) is 35.7 Å². The molecule has 4 nitrogen and oxygen atoms in total. The first kappa shape index (κ1) is 19.1. The Bertz CT molecular complexity index is 833. The Balaban J connectivity index is 1.35. The first-order valence-corrected chi connectivity index (χ1v) is 10.1. The summed E-state index contributed by atoms with van der Waals surface area (Å²) in [7, 11) is 2.10. The largest absolute Gasteiger partial charge is 0.375 e. The van der Waals surface area contributed by atoms with Gasteiger partial charge in [0.25, 0.3) is 0 Å². The molecule has 0 aliphatic heterocycles. The molecule has 2 aromatic carbocycles. The lowest BCUT2D eigenvalue weighted by atomic mass is 10.2. The summed E-state index contributed by atoms with van der Waals surface area (Å²) < 4.78 is 0. The van der Waals surface area contributed by atoms with Crippen molar-refractivity contribution < 1.29 is 4.79 Å². The minimum Gasteiger partial charge on any atom is -0.375 e. The van der Waals surface area contributed by atoms with Crippen molar-refractivity contribution in [3.63, 3.8) is 0 Å². The summed E-state index contributed by atoms with van der Waals surface area (Å²) in [5, 5.41) is 5.93. The van der Waals surface area contributed by atoms with Gasteiger partial charge in [0.2, 0.25) is 5.91 Å². The van der Waals surface area contributed by atoms with E-state index >= 15 is 0 Å². The highest BCUT2D eigenvalue weighted by Crippen LogP contribution is 2.23. The lowest BCUT2D eigenvalue weighted by Gasteiger charge is -2.19. The topological polar surface area (TPSA) is 45.2 Å². The average molecular weight is 380 g/mol. The third-order valence-electron chi connectivity index (χ3n) is 4.35. The highest BCUT2D eigenvalue weighted by molar-refractivity contribution is 7.13. The summed E-state index contributed by atoms with van der Waals surface area (Å²) in [4.78, 5) is 18.9. The first-order valence-electron chi connectivity index (χ1n) is 9.25. The predicted molar refractivity (Wildman–Crippen MR) is 113 cm³/mol. The van der Waals surface area contributed by atoms with Crippen LogP contribution in [0.15, 0.2) is 66.0 Å². The van der Waals surface area contributed by atoms with Crippen molar-refractivity contribution in [2.75, 3.05) is 25.0 Å². The molecule has 1 aromatic heterocycles. The van der Waals surface area contributed by atoms with Crippen LogP contribution in [0.2, 0.25) is 0 Å². The minimum atomic E-state index is 0.0383. The van der Waals surface area contributed by atoms with Gasteiger partial charge in [-0.2, -0.15) is 0 Å². The first-order chi connectivity index (χ1) is 13.2. The molecule has 0 fully saturated rings. The van der Waals surface area contributed by atoms with E-state index in [4.69, 9.17) is 0 Å². The molecule has 3 aromatic rings. The van der Waals surface area contributed by atoms with Crippen LogP contribution < -0.4 is 10.2 Å². The second-order valence-corrected chi connectivity index (χ2v) is 7.36. The number of nitrogens with zero attached hydrogens (tertiary/aromatic N) is 2. The number of anilines is 1. The Morgan fingerprint density at radius 1 is 1.04 bits per heavy atom. The SMILES string of the molecule is CN(CCCCNC(=O)Cc1csc(-c2ccccc2)n1)c1ccccc1. The fourth-order valence-electron chi connectivity index (χ4n) is 2.84. The van der Waals surface area contributed by atoms with Gasteiger partial charge < -0.3 is 10.2 Å². The van der Waals surface area contributed by atoms with E-state index in [2.05, 4.69) is 34.4 Å². The zero-order chi connectivity index (χ0) is 18.9. The van der Waals surface area contributed by atoms with Crippen LogP contribution in [0, 0.1) is 0 Å². The van der Waals surface area contributed by atoms with Crippen molar-refractivity contribution in [2.45, 2.75) is 19.3 Å². The minimum absolute atomic E-state index is 0.0383. The number of rotatable bonds is 9. The molecule has 1 heterocycles. The van der Waals surface area contributed by atoms with Crippen LogP contribution in [0.1, 0.15) is 18.5 Å². The number of aromatic nitrogens is 1. The van der Waals surface area contributed by atoms with E-state index < -0.39 is 0 Å². The maximum atomic E-state index is 12.1. The quantitative estimate of drug-likeness (QED) is 0.561. The zero-order valence-electron chi connectivity index (χ0n) is 15.6. The third-order valence-corrected chi connectivity index (χ3v) is 5.29. The van der Waals surface area contributed by atoms with E-state index in [-0.39, 0.29) is 5.91 Å². The zero-order valence-corrected chi connectivity index (χ0v) is 16.4. The number of hydrogen-bond donors (Lipinski definition) is 1. The standard InChI is InChI=1S/C22H25N3OS/c1-25(20-12-6-3-7-13-20)15-9-8-14-23-21(26)16-19-17-27-22(24-19)18-10-4-2-5-11-18/h2-7,10-13,17H,8-9,14-16H2,1H3,(H,23,26). The number of benzene rings is 2. The van der Waals surface area contributed by atoms with Gasteiger partial charge >= 0.3 is 0 Å². The molecule has 0 bridgehead atoms. The van der Waals surface area contributed by atoms with Gasteiger partial charge in [-0.1, -0.05) is 48.5 Å². The fraction of sp³-hybridized carbons (Fsp3) is 0.273. The highest BCUT2D eigenvalue weighted by atomic mass is 32.1. The summed E-state index contributed by atoms with van der Waals surface area (Å²) in [6.07, 6.45) is 2.35. The van der Waals surface area contributed by atoms with Crippen molar-refractivity contribution in [1.29, 1.82) is 0 Å². The fourth-order valence-corrected chi connectivity index (χ4v) is 3.67. The lowest BCUT2D eigenvalue weighted by molar-refractivity contribution is -0.120. The molecular formula is C22H25N3OS. The Kier molecular flexibility index (Phi) is 6.99. The number of thiazole rings is 1. The Morgan fingerprint density at radius 2 is 1.74 bits per heavy atom. The molecule has 0 unspecified atom stereocenters. The van der Waals surface area contributed by atoms with E-state index in [1.165, 1.54) is 5.69 Å². The molecule has 0 aliphatic carbocycles. The molecule has 1 amide bonds. The summed E-state index contributed by atoms with van der Waals surface area (Å²) in [6, 6.07) is 20.4. The molecule has 140 valence electrons. The number of amides is 1. The van der Waals surface area contributed by atoms with Crippen LogP contribution in [-0.2, 0) is 11.2 Å². The van der Waals surface area contributed by atoms with Gasteiger partial charge in [0.1, 0.15) is 5.01 Å². The van der Waals surface area contributed by atoms with Crippen molar-refractivity contribution in [3.05, 3.63) is 71.7 Å². The van der Waals surface area contributed by atoms with Gasteiger partial charge in [0.15, 0.2) is 0 Å². The van der Waals surface area contributed by atoms with E-state index in [0.29, 0.717) is 13.0 Å². The van der Waals surface area contributed by atoms with E-state index in [9.17, 15) is 4.79 Å². The number of nitrogens with one attached hydrogen (secondary N) is 1. The number of unbranched alkanes of at least 4 members (excludes halogenated alkanes) is 1. The summed E-state index contributed by atoms with van der Waals surface area (Å²) in [6.45, 7) is 1.68. The summed E-state index contributed by atoms with van der Waals surface area (Å²) >= 11 is 1.58. The summed E-state index contributed by atoms with van der Waals surface area (Å²) in [5.74, 6) is 0.0383. The van der Waals surface area contributed by atoms with Crippen LogP contribution in [0.25, 0.3) is 10.6 Å². The highest BCUT2D eigenvalue weighted by Gasteiger charge is 2.08. The van der Waals surface area contributed by atoms with Crippen LogP contribution in [0.4, 0.5) is 5.69 Å². The molecule has 5 heteroatoms. The summed E-state index contributed by atoms with van der Waals surface area (Å²) in [5.41, 5.74) is 3.15. The molecule has 27 heavy (non-hydrogen) atoms. The van der Waals surface area contributed by atoms with Crippen LogP contribution >= 0.6 is 11.3 Å². The second kappa shape index (κ2) is 9.88. The molecule has 0 saturated heterocycles. The van der Waals surface area contributed by atoms with Gasteiger partial charge in [-0.05, 0) is 25.0 Å². The average Bonchev–Trinajstić information content (AvgIpc) is 3.17. The van der Waals surface area contributed by atoms with E-state index in [1.54, 1.807) is 11.3 Å². The van der Waals surface area contributed by atoms with Crippen molar-refractivity contribution in [2.24, 2.45) is 0 Å². The normalized spacial score (nSPS) is 10.6. The molecule has 3 rings (SSSR count). The van der Waals surface area contributed by atoms with Crippen LogP contribution in [0.5, 0.6) is 0 Å². The number of carbonyl (C=O) groups excluding carboxylic acids is 1. The lowest BCUT2D eigenvalue weighted by Crippen LogP contribution is -2.27. The maximum Gasteiger partial charge on any atom is 0.226 e. The molecule has 0 spiro atoms. The Morgan fingerprint density at radius 3 is 2.48 bits per heavy atom. The Hall–Kier alpha value is -2.66. The van der Waals surface area contributed by atoms with Gasteiger partial charge in [0.05, 0.1) is 12.1 Å². The molecule has 0 saturated carbocycles. The number of carbonyl (C=O) groups is 1. The Labute approximate surface area is 164 Å². The van der Waals surface area contributed by atoms with Crippen molar-refractivity contribution >= 4 is 22.9 Å². The van der Waals surface area contributed by atoms with Crippen LogP contribution in [0.3, 0.4) is 0 Å². The van der Waals surface area contributed by atoms with Crippen molar-refractivity contribution in [3.8, 4) is 10.6 Å². The van der Waals surface area contributed by atoms with Gasteiger partial charge in [-0.3, -0.25) is 4.79 Å². The second-order valence-electron chi connectivity index (χ2n) is 6.50. The van der Waals surface area contributed by atoms with E-state index in [1.807, 2.05) is 53.9 Å². The van der Waals surface area contributed by atoms with Crippen molar-refractivity contribution in [1.82, 2.24) is 10.3 Å². The molecule has 0 atom stereocenters. The van der Waals surface area contributed by atoms with Gasteiger partial charge in [-0.15, -0.1) is 11.3 Å². The predicted octanol–water partition coefficient (Wildman–Crippen LogP) is 4.39. The number of para-hydroxylation sites is 1. The van der Waals surface area contributed by atoms with Gasteiger partial charge in [0, 0.05) is 36.8 Å². The third kappa shape index (κ3) is 5.93. The van der Waals surface area contributed by atoms with Crippen LogP contribution in [-0.4, -0.2) is 31.0 Å². The molecule has 0 radical (unpaired) electrons. The maximum absolute atomic E-state index is 12.1. The molecule has 1 N–H and O–H groups in total. The monoisotopic (exact) mass is 379 g/mol. The molecular weight excluding hydrogens is 354 g/mol. The number of hydrogen-bond acceptors (Lipinski definition) is 4.